The molecule has 0 spiro atoms. The Hall–Kier alpha value is -2.89. The van der Waals surface area contributed by atoms with Crippen LogP contribution in [0, 0.1) is 5.82 Å². The van der Waals surface area contributed by atoms with Crippen molar-refractivity contribution in [3.05, 3.63) is 59.4 Å². The number of aryl methyl sites for hydroxylation is 1. The molecule has 0 atom stereocenters. The maximum Gasteiger partial charge on any atom is 0.251 e. The minimum atomic E-state index is -0.292. The number of anilines is 1. The quantitative estimate of drug-likeness (QED) is 0.757. The molecule has 1 heterocycles. The number of halogens is 1. The largest absolute Gasteiger partial charge is 0.355 e. The van der Waals surface area contributed by atoms with Crippen molar-refractivity contribution < 1.29 is 9.18 Å². The fraction of sp³-hybridized carbons (Fsp3) is 0.222. The van der Waals surface area contributed by atoms with Crippen LogP contribution >= 0.6 is 0 Å². The molecule has 1 amide bonds. The van der Waals surface area contributed by atoms with Crippen molar-refractivity contribution in [3.8, 4) is 0 Å². The molecule has 3 rings (SSSR count). The van der Waals surface area contributed by atoms with Gasteiger partial charge in [0, 0.05) is 31.8 Å². The van der Waals surface area contributed by atoms with Gasteiger partial charge in [-0.25, -0.2) is 9.37 Å². The van der Waals surface area contributed by atoms with Crippen molar-refractivity contribution >= 4 is 22.9 Å². The summed E-state index contributed by atoms with van der Waals surface area (Å²) in [6.45, 7) is 3.33. The van der Waals surface area contributed by atoms with Gasteiger partial charge >= 0.3 is 0 Å². The topological polar surface area (TPSA) is 59.0 Å². The van der Waals surface area contributed by atoms with Crippen molar-refractivity contribution in [2.24, 2.45) is 0 Å². The van der Waals surface area contributed by atoms with Crippen LogP contribution < -0.4 is 10.6 Å². The Bertz CT molecular complexity index is 871. The van der Waals surface area contributed by atoms with Gasteiger partial charge in [0.2, 0.25) is 5.95 Å². The van der Waals surface area contributed by atoms with Gasteiger partial charge in [-0.05, 0) is 36.8 Å². The lowest BCUT2D eigenvalue weighted by molar-refractivity contribution is 0.0963. The van der Waals surface area contributed by atoms with Crippen LogP contribution in [0.25, 0.3) is 11.0 Å². The first kappa shape index (κ1) is 16.0. The highest BCUT2D eigenvalue weighted by Crippen LogP contribution is 2.21. The van der Waals surface area contributed by atoms with E-state index in [1.165, 1.54) is 12.1 Å². The molecule has 3 aromatic rings. The van der Waals surface area contributed by atoms with E-state index in [0.717, 1.165) is 17.6 Å². The number of hydrogen-bond acceptors (Lipinski definition) is 3. The average Bonchev–Trinajstić information content (AvgIpc) is 2.96. The van der Waals surface area contributed by atoms with E-state index < -0.39 is 0 Å². The number of nitrogens with one attached hydrogen (secondary N) is 2. The van der Waals surface area contributed by atoms with Gasteiger partial charge in [0.05, 0.1) is 11.0 Å². The Morgan fingerprint density at radius 3 is 2.62 bits per heavy atom. The minimum Gasteiger partial charge on any atom is -0.355 e. The third-order valence-electron chi connectivity index (χ3n) is 3.92. The predicted molar refractivity (Wildman–Crippen MR) is 92.5 cm³/mol. The summed E-state index contributed by atoms with van der Waals surface area (Å²) in [4.78, 5) is 16.0. The monoisotopic (exact) mass is 326 g/mol. The van der Waals surface area contributed by atoms with Crippen LogP contribution in [-0.2, 0) is 13.1 Å². The number of carbonyl (C=O) groups is 1. The van der Waals surface area contributed by atoms with Gasteiger partial charge < -0.3 is 15.2 Å². The van der Waals surface area contributed by atoms with E-state index in [1.54, 1.807) is 25.2 Å². The third kappa shape index (κ3) is 3.08. The second kappa shape index (κ2) is 6.70. The minimum absolute atomic E-state index is 0.107. The SMILES string of the molecule is CCn1c(NCc2ccc(C(=O)NC)cc2)nc2cc(F)ccc21. The standard InChI is InChI=1S/C18H19FN4O/c1-3-23-16-9-8-14(19)10-15(16)22-18(23)21-11-12-4-6-13(7-5-12)17(24)20-2/h4-10H,3,11H2,1-2H3,(H,20,24)(H,21,22). The van der Waals surface area contributed by atoms with E-state index in [-0.39, 0.29) is 11.7 Å². The first-order valence-electron chi connectivity index (χ1n) is 7.83. The first-order valence-corrected chi connectivity index (χ1v) is 7.83. The molecule has 6 heteroatoms. The molecular weight excluding hydrogens is 307 g/mol. The Kier molecular flexibility index (Phi) is 4.46. The van der Waals surface area contributed by atoms with E-state index in [2.05, 4.69) is 15.6 Å². The molecule has 2 aromatic carbocycles. The predicted octanol–water partition coefficient (Wildman–Crippen LogP) is 3.17. The maximum absolute atomic E-state index is 13.4. The fourth-order valence-corrected chi connectivity index (χ4v) is 2.66. The van der Waals surface area contributed by atoms with Gasteiger partial charge in [-0.2, -0.15) is 0 Å². The molecule has 0 saturated carbocycles. The van der Waals surface area contributed by atoms with E-state index in [9.17, 15) is 9.18 Å². The molecule has 24 heavy (non-hydrogen) atoms. The second-order valence-electron chi connectivity index (χ2n) is 5.44. The summed E-state index contributed by atoms with van der Waals surface area (Å²) in [6, 6.07) is 12.0. The molecule has 5 nitrogen and oxygen atoms in total. The van der Waals surface area contributed by atoms with Gasteiger partial charge in [-0.15, -0.1) is 0 Å². The van der Waals surface area contributed by atoms with Crippen LogP contribution in [0.15, 0.2) is 42.5 Å². The number of carbonyl (C=O) groups excluding carboxylic acids is 1. The number of benzene rings is 2. The first-order chi connectivity index (χ1) is 11.6. The summed E-state index contributed by atoms with van der Waals surface area (Å²) in [6.07, 6.45) is 0. The lowest BCUT2D eigenvalue weighted by Crippen LogP contribution is -2.17. The van der Waals surface area contributed by atoms with E-state index in [4.69, 9.17) is 0 Å². The normalized spacial score (nSPS) is 10.8. The fourth-order valence-electron chi connectivity index (χ4n) is 2.66. The number of amides is 1. The number of rotatable bonds is 5. The van der Waals surface area contributed by atoms with Crippen molar-refractivity contribution in [1.82, 2.24) is 14.9 Å². The summed E-state index contributed by atoms with van der Waals surface area (Å²) in [5.41, 5.74) is 3.19. The highest BCUT2D eigenvalue weighted by Gasteiger charge is 2.10. The van der Waals surface area contributed by atoms with Crippen molar-refractivity contribution in [2.45, 2.75) is 20.0 Å². The zero-order valence-electron chi connectivity index (χ0n) is 13.6. The van der Waals surface area contributed by atoms with Crippen LogP contribution in [0.5, 0.6) is 0 Å². The smallest absolute Gasteiger partial charge is 0.251 e. The summed E-state index contributed by atoms with van der Waals surface area (Å²) >= 11 is 0. The summed E-state index contributed by atoms with van der Waals surface area (Å²) in [7, 11) is 1.61. The molecule has 2 N–H and O–H groups in total. The zero-order chi connectivity index (χ0) is 17.1. The molecule has 0 aliphatic rings. The van der Waals surface area contributed by atoms with Crippen LogP contribution in [0.2, 0.25) is 0 Å². The molecule has 0 fully saturated rings. The lowest BCUT2D eigenvalue weighted by atomic mass is 10.1. The molecule has 0 aliphatic heterocycles. The second-order valence-corrected chi connectivity index (χ2v) is 5.44. The van der Waals surface area contributed by atoms with Crippen LogP contribution in [0.4, 0.5) is 10.3 Å². The maximum atomic E-state index is 13.4. The number of hydrogen-bond donors (Lipinski definition) is 2. The highest BCUT2D eigenvalue weighted by molar-refractivity contribution is 5.93. The van der Waals surface area contributed by atoms with Gasteiger partial charge in [0.25, 0.3) is 5.91 Å². The Labute approximate surface area is 139 Å². The van der Waals surface area contributed by atoms with Crippen molar-refractivity contribution in [1.29, 1.82) is 0 Å². The summed E-state index contributed by atoms with van der Waals surface area (Å²) < 4.78 is 15.4. The van der Waals surface area contributed by atoms with Crippen LogP contribution in [-0.4, -0.2) is 22.5 Å². The zero-order valence-corrected chi connectivity index (χ0v) is 13.6. The third-order valence-corrected chi connectivity index (χ3v) is 3.92. The highest BCUT2D eigenvalue weighted by atomic mass is 19.1. The van der Waals surface area contributed by atoms with Crippen molar-refractivity contribution in [3.63, 3.8) is 0 Å². The number of aromatic nitrogens is 2. The Balaban J connectivity index is 1.79. The Morgan fingerprint density at radius 2 is 1.96 bits per heavy atom. The molecule has 0 radical (unpaired) electrons. The summed E-state index contributed by atoms with van der Waals surface area (Å²) in [5.74, 6) is 0.303. The van der Waals surface area contributed by atoms with E-state index in [1.807, 2.05) is 23.6 Å². The number of nitrogens with zero attached hydrogens (tertiary/aromatic N) is 2. The van der Waals surface area contributed by atoms with Gasteiger partial charge in [0.15, 0.2) is 0 Å². The molecular formula is C18H19FN4O. The van der Waals surface area contributed by atoms with E-state index >= 15 is 0 Å². The molecule has 124 valence electrons. The molecule has 0 unspecified atom stereocenters. The Morgan fingerprint density at radius 1 is 1.21 bits per heavy atom. The molecule has 0 saturated heterocycles. The van der Waals surface area contributed by atoms with Gasteiger partial charge in [-0.1, -0.05) is 12.1 Å². The lowest BCUT2D eigenvalue weighted by Gasteiger charge is -2.09. The molecule has 1 aromatic heterocycles. The van der Waals surface area contributed by atoms with Crippen molar-refractivity contribution in [2.75, 3.05) is 12.4 Å². The average molecular weight is 326 g/mol. The molecule has 0 bridgehead atoms. The van der Waals surface area contributed by atoms with E-state index in [0.29, 0.717) is 23.6 Å². The van der Waals surface area contributed by atoms with Gasteiger partial charge in [-0.3, -0.25) is 4.79 Å². The number of fused-ring (bicyclic) bond motifs is 1. The van der Waals surface area contributed by atoms with Crippen LogP contribution in [0.1, 0.15) is 22.8 Å². The summed E-state index contributed by atoms with van der Waals surface area (Å²) in [5, 5.41) is 5.88. The number of imidazole rings is 1. The van der Waals surface area contributed by atoms with Gasteiger partial charge in [0.1, 0.15) is 5.82 Å². The molecule has 0 aliphatic carbocycles. The van der Waals surface area contributed by atoms with Crippen LogP contribution in [0.3, 0.4) is 0 Å².